The van der Waals surface area contributed by atoms with Crippen LogP contribution in [0.4, 0.5) is 22.0 Å². The summed E-state index contributed by atoms with van der Waals surface area (Å²) in [5.41, 5.74) is 2.67. The number of carbonyl (C=O) groups is 2. The van der Waals surface area contributed by atoms with E-state index in [4.69, 9.17) is 18.9 Å². The first-order valence-corrected chi connectivity index (χ1v) is 13.4. The lowest BCUT2D eigenvalue weighted by atomic mass is 10.1. The third-order valence-electron chi connectivity index (χ3n) is 7.09. The highest BCUT2D eigenvalue weighted by Gasteiger charge is 2.32. The summed E-state index contributed by atoms with van der Waals surface area (Å²) in [6, 6.07) is 17.3. The molecule has 216 valence electrons. The van der Waals surface area contributed by atoms with E-state index in [1.54, 1.807) is 19.1 Å². The van der Waals surface area contributed by atoms with Crippen LogP contribution in [0.2, 0.25) is 0 Å². The molecule has 0 aliphatic carbocycles. The normalized spacial score (nSPS) is 16.8. The van der Waals surface area contributed by atoms with E-state index < -0.39 is 12.2 Å². The van der Waals surface area contributed by atoms with Crippen molar-refractivity contribution in [3.8, 4) is 17.6 Å². The van der Waals surface area contributed by atoms with Gasteiger partial charge < -0.3 is 34.1 Å². The fourth-order valence-electron chi connectivity index (χ4n) is 4.88. The molecular formula is C29H34N6O6. The number of methoxy groups -OCH3 is 3. The van der Waals surface area contributed by atoms with Gasteiger partial charge in [-0.1, -0.05) is 12.1 Å². The Hall–Kier alpha value is -4.74. The SMILES string of the molecule is COc1cccc(CC(=O)NC[C@H]2CN(c3ccc(N4CCN(c5cc(OC)nc(OC)n5)CC4)cc3)C(=O)O2)c1. The molecule has 12 heteroatoms. The van der Waals surface area contributed by atoms with Crippen LogP contribution in [-0.4, -0.2) is 88.7 Å². The van der Waals surface area contributed by atoms with Crippen molar-refractivity contribution < 1.29 is 28.5 Å². The Kier molecular flexibility index (Phi) is 8.56. The average molecular weight is 563 g/mol. The zero-order valence-corrected chi connectivity index (χ0v) is 23.4. The highest BCUT2D eigenvalue weighted by molar-refractivity contribution is 5.90. The smallest absolute Gasteiger partial charge is 0.414 e. The fraction of sp³-hybridized carbons (Fsp3) is 0.379. The predicted molar refractivity (Wildman–Crippen MR) is 153 cm³/mol. The van der Waals surface area contributed by atoms with Gasteiger partial charge in [-0.15, -0.1) is 0 Å². The number of ether oxygens (including phenoxy) is 4. The van der Waals surface area contributed by atoms with Crippen molar-refractivity contribution in [2.45, 2.75) is 12.5 Å². The number of nitrogens with zero attached hydrogens (tertiary/aromatic N) is 5. The molecule has 0 unspecified atom stereocenters. The van der Waals surface area contributed by atoms with Crippen LogP contribution in [-0.2, 0) is 16.0 Å². The number of hydrogen-bond donors (Lipinski definition) is 1. The van der Waals surface area contributed by atoms with E-state index >= 15 is 0 Å². The lowest BCUT2D eigenvalue weighted by molar-refractivity contribution is -0.120. The lowest BCUT2D eigenvalue weighted by Crippen LogP contribution is -2.46. The molecule has 3 aromatic rings. The third kappa shape index (κ3) is 6.71. The van der Waals surface area contributed by atoms with E-state index in [-0.39, 0.29) is 24.9 Å². The highest BCUT2D eigenvalue weighted by atomic mass is 16.6. The number of hydrogen-bond acceptors (Lipinski definition) is 10. The predicted octanol–water partition coefficient (Wildman–Crippen LogP) is 2.51. The van der Waals surface area contributed by atoms with Gasteiger partial charge >= 0.3 is 12.1 Å². The summed E-state index contributed by atoms with van der Waals surface area (Å²) in [5, 5.41) is 2.87. The third-order valence-corrected chi connectivity index (χ3v) is 7.09. The Labute approximate surface area is 238 Å². The lowest BCUT2D eigenvalue weighted by Gasteiger charge is -2.36. The van der Waals surface area contributed by atoms with Crippen molar-refractivity contribution >= 4 is 29.2 Å². The average Bonchev–Trinajstić information content (AvgIpc) is 3.40. The van der Waals surface area contributed by atoms with E-state index in [0.717, 1.165) is 48.9 Å². The van der Waals surface area contributed by atoms with Gasteiger partial charge in [0.15, 0.2) is 0 Å². The van der Waals surface area contributed by atoms with Crippen molar-refractivity contribution in [2.24, 2.45) is 0 Å². The molecule has 2 aliphatic rings. The van der Waals surface area contributed by atoms with Crippen LogP contribution >= 0.6 is 0 Å². The Morgan fingerprint density at radius 2 is 1.66 bits per heavy atom. The molecule has 0 saturated carbocycles. The number of amides is 2. The summed E-state index contributed by atoms with van der Waals surface area (Å²) in [7, 11) is 4.69. The molecule has 0 bridgehead atoms. The first kappa shape index (κ1) is 27.8. The van der Waals surface area contributed by atoms with E-state index in [0.29, 0.717) is 18.2 Å². The van der Waals surface area contributed by atoms with Crippen LogP contribution in [0, 0.1) is 0 Å². The van der Waals surface area contributed by atoms with Gasteiger partial charge in [0.25, 0.3) is 0 Å². The van der Waals surface area contributed by atoms with Gasteiger partial charge in [0.05, 0.1) is 40.8 Å². The van der Waals surface area contributed by atoms with Gasteiger partial charge in [0.1, 0.15) is 17.7 Å². The van der Waals surface area contributed by atoms with E-state index in [2.05, 4.69) is 25.1 Å². The van der Waals surface area contributed by atoms with Crippen molar-refractivity contribution in [1.82, 2.24) is 15.3 Å². The van der Waals surface area contributed by atoms with Crippen LogP contribution in [0.25, 0.3) is 0 Å². The zero-order chi connectivity index (χ0) is 28.8. The van der Waals surface area contributed by atoms with Crippen LogP contribution in [0.5, 0.6) is 17.6 Å². The van der Waals surface area contributed by atoms with Crippen molar-refractivity contribution in [3.63, 3.8) is 0 Å². The molecule has 2 aromatic carbocycles. The summed E-state index contributed by atoms with van der Waals surface area (Å²) in [5.74, 6) is 1.79. The van der Waals surface area contributed by atoms with Crippen molar-refractivity contribution in [2.75, 3.05) is 75.3 Å². The van der Waals surface area contributed by atoms with Gasteiger partial charge in [0, 0.05) is 43.6 Å². The summed E-state index contributed by atoms with van der Waals surface area (Å²) >= 11 is 0. The van der Waals surface area contributed by atoms with Crippen molar-refractivity contribution in [3.05, 3.63) is 60.2 Å². The molecule has 12 nitrogen and oxygen atoms in total. The monoisotopic (exact) mass is 562 g/mol. The number of cyclic esters (lactones) is 1. The van der Waals surface area contributed by atoms with E-state index in [9.17, 15) is 9.59 Å². The van der Waals surface area contributed by atoms with Crippen LogP contribution in [0.3, 0.4) is 0 Å². The first-order chi connectivity index (χ1) is 19.9. The minimum absolute atomic E-state index is 0.143. The Morgan fingerprint density at radius 1 is 0.927 bits per heavy atom. The second kappa shape index (κ2) is 12.6. The van der Waals surface area contributed by atoms with Crippen molar-refractivity contribution in [1.29, 1.82) is 0 Å². The van der Waals surface area contributed by atoms with E-state index in [1.165, 1.54) is 7.11 Å². The number of carbonyl (C=O) groups excluding carboxylic acids is 2. The van der Waals surface area contributed by atoms with Crippen LogP contribution in [0.15, 0.2) is 54.6 Å². The molecular weight excluding hydrogens is 528 g/mol. The molecule has 5 rings (SSSR count). The molecule has 1 atom stereocenters. The summed E-state index contributed by atoms with van der Waals surface area (Å²) in [6.45, 7) is 3.76. The van der Waals surface area contributed by atoms with Gasteiger partial charge in [-0.25, -0.2) is 4.79 Å². The molecule has 2 fully saturated rings. The summed E-state index contributed by atoms with van der Waals surface area (Å²) in [4.78, 5) is 39.7. The molecule has 2 saturated heterocycles. The number of benzene rings is 2. The molecule has 0 radical (unpaired) electrons. The maximum absolute atomic E-state index is 12.6. The molecule has 3 heterocycles. The van der Waals surface area contributed by atoms with Crippen LogP contribution < -0.4 is 34.2 Å². The molecule has 41 heavy (non-hydrogen) atoms. The van der Waals surface area contributed by atoms with Gasteiger partial charge in [-0.05, 0) is 42.0 Å². The number of anilines is 3. The molecule has 1 aromatic heterocycles. The second-order valence-corrected chi connectivity index (χ2v) is 9.69. The maximum atomic E-state index is 12.6. The Bertz CT molecular complexity index is 1340. The van der Waals surface area contributed by atoms with Gasteiger partial charge in [-0.3, -0.25) is 9.69 Å². The number of rotatable bonds is 10. The maximum Gasteiger partial charge on any atom is 0.414 e. The Balaban J connectivity index is 1.11. The first-order valence-electron chi connectivity index (χ1n) is 13.4. The number of aromatic nitrogens is 2. The van der Waals surface area contributed by atoms with E-state index in [1.807, 2.05) is 54.6 Å². The number of piperazine rings is 1. The second-order valence-electron chi connectivity index (χ2n) is 9.69. The molecule has 2 aliphatic heterocycles. The quantitative estimate of drug-likeness (QED) is 0.395. The summed E-state index contributed by atoms with van der Waals surface area (Å²) < 4.78 is 21.2. The Morgan fingerprint density at radius 3 is 2.37 bits per heavy atom. The minimum Gasteiger partial charge on any atom is -0.497 e. The summed E-state index contributed by atoms with van der Waals surface area (Å²) in [6.07, 6.45) is -0.628. The molecule has 0 spiro atoms. The molecule has 2 amide bonds. The van der Waals surface area contributed by atoms with Gasteiger partial charge in [-0.2, -0.15) is 9.97 Å². The van der Waals surface area contributed by atoms with Crippen LogP contribution in [0.1, 0.15) is 5.56 Å². The topological polar surface area (TPSA) is 119 Å². The highest BCUT2D eigenvalue weighted by Crippen LogP contribution is 2.27. The standard InChI is InChI=1S/C29H34N6O6/c1-38-23-6-4-5-20(15-23)16-26(36)30-18-24-19-35(29(37)41-24)22-9-7-21(8-10-22)33-11-13-34(14-12-33)25-17-27(39-2)32-28(31-25)40-3/h4-10,15,17,24H,11-14,16,18-19H2,1-3H3,(H,30,36)/t24-/m0/s1. The fourth-order valence-corrected chi connectivity index (χ4v) is 4.88. The zero-order valence-electron chi connectivity index (χ0n) is 23.4. The van der Waals surface area contributed by atoms with Gasteiger partial charge in [0.2, 0.25) is 11.8 Å². The molecule has 1 N–H and O–H groups in total. The largest absolute Gasteiger partial charge is 0.497 e. The number of nitrogens with one attached hydrogen (secondary N) is 1. The minimum atomic E-state index is -0.427.